The molecule has 0 bridgehead atoms. The van der Waals surface area contributed by atoms with Crippen molar-refractivity contribution in [3.63, 3.8) is 0 Å². The average Bonchev–Trinajstić information content (AvgIpc) is 3.01. The summed E-state index contributed by atoms with van der Waals surface area (Å²) in [7, 11) is 0. The Morgan fingerprint density at radius 2 is 1.83 bits per heavy atom. The molecule has 1 heterocycles. The Hall–Kier alpha value is -2.97. The number of carboxylic acids is 1. The van der Waals surface area contributed by atoms with Gasteiger partial charge in [-0.1, -0.05) is 73.4 Å². The maximum atomic E-state index is 13.1. The molecule has 1 amide bonds. The average molecular weight is 442 g/mol. The van der Waals surface area contributed by atoms with E-state index in [2.05, 4.69) is 0 Å². The zero-order valence-corrected chi connectivity index (χ0v) is 17.7. The number of thioether (sulfide) groups is 1. The molecule has 0 spiro atoms. The fourth-order valence-electron chi connectivity index (χ4n) is 2.88. The summed E-state index contributed by atoms with van der Waals surface area (Å²) in [6.45, 7) is 2.14. The number of thiocarbonyl (C=S) groups is 1. The summed E-state index contributed by atoms with van der Waals surface area (Å²) >= 11 is 6.51. The van der Waals surface area contributed by atoms with Crippen LogP contribution in [-0.4, -0.2) is 38.8 Å². The second kappa shape index (κ2) is 9.69. The third kappa shape index (κ3) is 4.77. The van der Waals surface area contributed by atoms with E-state index in [1.807, 2.05) is 13.0 Å². The van der Waals surface area contributed by atoms with Crippen LogP contribution in [0.15, 0.2) is 59.5 Å². The molecule has 1 atom stereocenters. The summed E-state index contributed by atoms with van der Waals surface area (Å²) in [6.07, 6.45) is 2.29. The number of amides is 1. The molecule has 154 valence electrons. The number of carboxylic acid groups (broad SMARTS) is 1. The minimum atomic E-state index is -1.02. The lowest BCUT2D eigenvalue weighted by atomic mass is 10.1. The second-order valence-electron chi connectivity index (χ2n) is 6.46. The summed E-state index contributed by atoms with van der Waals surface area (Å²) in [5, 5.41) is 9.01. The molecule has 1 saturated heterocycles. The molecule has 1 N–H and O–H groups in total. The number of esters is 1. The van der Waals surface area contributed by atoms with Gasteiger partial charge in [0.25, 0.3) is 5.91 Å². The molecule has 1 aliphatic rings. The van der Waals surface area contributed by atoms with Crippen LogP contribution in [0.25, 0.3) is 6.08 Å². The molecule has 30 heavy (non-hydrogen) atoms. The van der Waals surface area contributed by atoms with Crippen LogP contribution in [0.3, 0.4) is 0 Å². The molecule has 0 saturated carbocycles. The second-order valence-corrected chi connectivity index (χ2v) is 8.14. The van der Waals surface area contributed by atoms with E-state index in [0.717, 1.165) is 11.8 Å². The number of nitrogens with zero attached hydrogens (tertiary/aromatic N) is 1. The summed E-state index contributed by atoms with van der Waals surface area (Å²) in [5.41, 5.74) is 1.43. The van der Waals surface area contributed by atoms with E-state index in [4.69, 9.17) is 22.1 Å². The first-order valence-corrected chi connectivity index (χ1v) is 10.5. The Morgan fingerprint density at radius 3 is 2.43 bits per heavy atom. The fourth-order valence-corrected chi connectivity index (χ4v) is 4.20. The number of carbonyl (C=O) groups excluding carboxylic acids is 2. The summed E-state index contributed by atoms with van der Waals surface area (Å²) < 4.78 is 5.59. The van der Waals surface area contributed by atoms with Crippen LogP contribution in [0.5, 0.6) is 0 Å². The van der Waals surface area contributed by atoms with Crippen molar-refractivity contribution >= 4 is 52.2 Å². The highest BCUT2D eigenvalue weighted by molar-refractivity contribution is 8.26. The SMILES string of the molecule is CCCOC(=O)C(c1ccccc1)N1C(=O)/C(=C/c2ccc(C(=O)O)cc2)SC1=S. The predicted molar refractivity (Wildman–Crippen MR) is 119 cm³/mol. The van der Waals surface area contributed by atoms with Gasteiger partial charge in [0.05, 0.1) is 17.1 Å². The van der Waals surface area contributed by atoms with E-state index < -0.39 is 23.9 Å². The first-order chi connectivity index (χ1) is 14.4. The number of carbonyl (C=O) groups is 3. The number of hydrogen-bond donors (Lipinski definition) is 1. The van der Waals surface area contributed by atoms with Gasteiger partial charge in [-0.25, -0.2) is 9.59 Å². The van der Waals surface area contributed by atoms with Crippen molar-refractivity contribution in [1.29, 1.82) is 0 Å². The number of hydrogen-bond acceptors (Lipinski definition) is 6. The van der Waals surface area contributed by atoms with Gasteiger partial charge in [0.15, 0.2) is 6.04 Å². The Kier molecular flexibility index (Phi) is 7.02. The van der Waals surface area contributed by atoms with E-state index in [1.54, 1.807) is 42.5 Å². The Labute approximate surface area is 183 Å². The molecule has 0 aliphatic carbocycles. The van der Waals surface area contributed by atoms with Crippen LogP contribution in [0, 0.1) is 0 Å². The summed E-state index contributed by atoms with van der Waals surface area (Å²) in [5.74, 6) is -1.95. The van der Waals surface area contributed by atoms with Gasteiger partial charge in [-0.15, -0.1) is 0 Å². The maximum Gasteiger partial charge on any atom is 0.335 e. The highest BCUT2D eigenvalue weighted by atomic mass is 32.2. The van der Waals surface area contributed by atoms with Crippen molar-refractivity contribution in [1.82, 2.24) is 4.90 Å². The van der Waals surface area contributed by atoms with Crippen molar-refractivity contribution in [2.24, 2.45) is 0 Å². The Bertz CT molecular complexity index is 1000. The van der Waals surface area contributed by atoms with Gasteiger partial charge >= 0.3 is 11.9 Å². The molecule has 8 heteroatoms. The van der Waals surface area contributed by atoms with Crippen molar-refractivity contribution in [2.45, 2.75) is 19.4 Å². The molecule has 6 nitrogen and oxygen atoms in total. The molecule has 0 radical (unpaired) electrons. The third-order valence-electron chi connectivity index (χ3n) is 4.32. The maximum absolute atomic E-state index is 13.1. The van der Waals surface area contributed by atoms with Gasteiger partial charge in [-0.2, -0.15) is 0 Å². The third-order valence-corrected chi connectivity index (χ3v) is 5.65. The monoisotopic (exact) mass is 441 g/mol. The predicted octanol–water partition coefficient (Wildman–Crippen LogP) is 4.28. The van der Waals surface area contributed by atoms with Gasteiger partial charge in [0.2, 0.25) is 0 Å². The van der Waals surface area contributed by atoms with Crippen molar-refractivity contribution < 1.29 is 24.2 Å². The number of benzene rings is 2. The highest BCUT2D eigenvalue weighted by Crippen LogP contribution is 2.38. The fraction of sp³-hybridized carbons (Fsp3) is 0.182. The molecule has 2 aromatic carbocycles. The highest BCUT2D eigenvalue weighted by Gasteiger charge is 2.42. The molecule has 1 aliphatic heterocycles. The summed E-state index contributed by atoms with van der Waals surface area (Å²) in [4.78, 5) is 38.6. The minimum absolute atomic E-state index is 0.155. The van der Waals surface area contributed by atoms with Gasteiger partial charge in [0, 0.05) is 0 Å². The topological polar surface area (TPSA) is 83.9 Å². The zero-order chi connectivity index (χ0) is 21.7. The largest absolute Gasteiger partial charge is 0.478 e. The van der Waals surface area contributed by atoms with Crippen LogP contribution in [0.4, 0.5) is 0 Å². The van der Waals surface area contributed by atoms with Gasteiger partial charge in [-0.05, 0) is 35.8 Å². The van der Waals surface area contributed by atoms with E-state index in [9.17, 15) is 14.4 Å². The van der Waals surface area contributed by atoms with E-state index in [0.29, 0.717) is 22.5 Å². The molecular weight excluding hydrogens is 422 g/mol. The van der Waals surface area contributed by atoms with Gasteiger partial charge < -0.3 is 9.84 Å². The number of aromatic carboxylic acids is 1. The van der Waals surface area contributed by atoms with Crippen molar-refractivity contribution in [3.8, 4) is 0 Å². The molecular formula is C22H19NO5S2. The standard InChI is InChI=1S/C22H19NO5S2/c1-2-12-28-21(27)18(15-6-4-3-5-7-15)23-19(24)17(30-22(23)29)13-14-8-10-16(11-9-14)20(25)26/h3-11,13,18H,2,12H2,1H3,(H,25,26)/b17-13-. The molecule has 0 aromatic heterocycles. The smallest absolute Gasteiger partial charge is 0.335 e. The van der Waals surface area contributed by atoms with Crippen molar-refractivity contribution in [2.75, 3.05) is 6.61 Å². The lowest BCUT2D eigenvalue weighted by molar-refractivity contribution is -0.151. The van der Waals surface area contributed by atoms with Crippen LogP contribution < -0.4 is 0 Å². The molecule has 3 rings (SSSR count). The first kappa shape index (κ1) is 21.7. The van der Waals surface area contributed by atoms with Crippen molar-refractivity contribution in [3.05, 3.63) is 76.2 Å². The lowest BCUT2D eigenvalue weighted by Gasteiger charge is -2.25. The Morgan fingerprint density at radius 1 is 1.17 bits per heavy atom. The normalized spacial score (nSPS) is 16.0. The van der Waals surface area contributed by atoms with Gasteiger partial charge in [0.1, 0.15) is 4.32 Å². The van der Waals surface area contributed by atoms with Crippen LogP contribution in [0.1, 0.15) is 40.9 Å². The lowest BCUT2D eigenvalue weighted by Crippen LogP contribution is -2.38. The minimum Gasteiger partial charge on any atom is -0.478 e. The van der Waals surface area contributed by atoms with E-state index in [1.165, 1.54) is 17.0 Å². The van der Waals surface area contributed by atoms with Crippen LogP contribution >= 0.6 is 24.0 Å². The number of ether oxygens (including phenoxy) is 1. The molecule has 2 aromatic rings. The summed E-state index contributed by atoms with van der Waals surface area (Å²) in [6, 6.07) is 14.1. The Balaban J connectivity index is 1.92. The molecule has 1 unspecified atom stereocenters. The van der Waals surface area contributed by atoms with Crippen LogP contribution in [0.2, 0.25) is 0 Å². The quantitative estimate of drug-likeness (QED) is 0.390. The molecule has 1 fully saturated rings. The van der Waals surface area contributed by atoms with Gasteiger partial charge in [-0.3, -0.25) is 9.69 Å². The van der Waals surface area contributed by atoms with Crippen LogP contribution in [-0.2, 0) is 14.3 Å². The first-order valence-electron chi connectivity index (χ1n) is 9.24. The number of rotatable bonds is 7. The van der Waals surface area contributed by atoms with E-state index >= 15 is 0 Å². The van der Waals surface area contributed by atoms with E-state index in [-0.39, 0.29) is 16.5 Å². The zero-order valence-electron chi connectivity index (χ0n) is 16.1.